The molecule has 0 amide bonds. The van der Waals surface area contributed by atoms with E-state index in [4.69, 9.17) is 21.3 Å². The summed E-state index contributed by atoms with van der Waals surface area (Å²) < 4.78 is 7.91. The van der Waals surface area contributed by atoms with E-state index >= 15 is 0 Å². The molecule has 0 spiro atoms. The van der Waals surface area contributed by atoms with Crippen LogP contribution in [0, 0.1) is 0 Å². The minimum absolute atomic E-state index is 0.119. The molecule has 29 heavy (non-hydrogen) atoms. The average molecular weight is 410 g/mol. The van der Waals surface area contributed by atoms with Crippen molar-refractivity contribution in [2.24, 2.45) is 0 Å². The maximum atomic E-state index is 9.20. The zero-order valence-corrected chi connectivity index (χ0v) is 16.5. The third-order valence-electron chi connectivity index (χ3n) is 5.37. The number of hydrogen-bond donors (Lipinski definition) is 1. The molecule has 1 aromatic carbocycles. The monoisotopic (exact) mass is 409 g/mol. The van der Waals surface area contributed by atoms with E-state index in [0.717, 1.165) is 59.5 Å². The van der Waals surface area contributed by atoms with Gasteiger partial charge in [0.05, 0.1) is 41.4 Å². The standard InChI is InChI=1S/C21H20ClN5O2/c22-13-1-2-18-17(7-13)21-19(11-25-18)26-20(27(21)16-3-5-29-6-4-16)8-14-9-24-15(12-28)10-23-14/h1-2,7,9-11,16,28H,3-6,8,12H2. The van der Waals surface area contributed by atoms with Crippen molar-refractivity contribution in [2.45, 2.75) is 31.9 Å². The lowest BCUT2D eigenvalue weighted by Crippen LogP contribution is -2.21. The van der Waals surface area contributed by atoms with Crippen LogP contribution in [0.1, 0.15) is 36.1 Å². The Morgan fingerprint density at radius 3 is 2.59 bits per heavy atom. The highest BCUT2D eigenvalue weighted by atomic mass is 35.5. The number of imidazole rings is 1. The fourth-order valence-corrected chi connectivity index (χ4v) is 4.15. The largest absolute Gasteiger partial charge is 0.390 e. The lowest BCUT2D eigenvalue weighted by atomic mass is 10.1. The molecule has 148 valence electrons. The number of hydrogen-bond acceptors (Lipinski definition) is 6. The maximum absolute atomic E-state index is 9.20. The van der Waals surface area contributed by atoms with Gasteiger partial charge in [0.1, 0.15) is 11.3 Å². The summed E-state index contributed by atoms with van der Waals surface area (Å²) in [5.41, 5.74) is 4.16. The Labute approximate surface area is 172 Å². The SMILES string of the molecule is OCc1cnc(Cc2nc3cnc4ccc(Cl)cc4c3n2C2CCOCC2)cn1. The maximum Gasteiger partial charge on any atom is 0.116 e. The van der Waals surface area contributed by atoms with E-state index in [1.165, 1.54) is 0 Å². The van der Waals surface area contributed by atoms with Gasteiger partial charge in [-0.05, 0) is 31.0 Å². The van der Waals surface area contributed by atoms with Crippen LogP contribution in [0.4, 0.5) is 0 Å². The second-order valence-corrected chi connectivity index (χ2v) is 7.67. The number of aliphatic hydroxyl groups excluding tert-OH is 1. The zero-order chi connectivity index (χ0) is 19.8. The second-order valence-electron chi connectivity index (χ2n) is 7.23. The van der Waals surface area contributed by atoms with Gasteiger partial charge in [0.25, 0.3) is 0 Å². The molecule has 0 aliphatic carbocycles. The van der Waals surface area contributed by atoms with Gasteiger partial charge in [-0.3, -0.25) is 15.0 Å². The van der Waals surface area contributed by atoms with Gasteiger partial charge in [0.2, 0.25) is 0 Å². The van der Waals surface area contributed by atoms with Crippen molar-refractivity contribution in [3.63, 3.8) is 0 Å². The van der Waals surface area contributed by atoms with Crippen LogP contribution in [0.3, 0.4) is 0 Å². The molecule has 0 atom stereocenters. The summed E-state index contributed by atoms with van der Waals surface area (Å²) in [6.07, 6.45) is 7.54. The number of aromatic nitrogens is 5. The summed E-state index contributed by atoms with van der Waals surface area (Å²) in [5, 5.41) is 10.9. The number of fused-ring (bicyclic) bond motifs is 3. The highest BCUT2D eigenvalue weighted by Gasteiger charge is 2.24. The minimum atomic E-state index is -0.119. The van der Waals surface area contributed by atoms with E-state index in [1.807, 2.05) is 24.4 Å². The number of ether oxygens (including phenoxy) is 1. The van der Waals surface area contributed by atoms with Crippen molar-refractivity contribution >= 4 is 33.5 Å². The number of nitrogens with zero attached hydrogens (tertiary/aromatic N) is 5. The van der Waals surface area contributed by atoms with Crippen molar-refractivity contribution in [1.29, 1.82) is 0 Å². The van der Waals surface area contributed by atoms with Crippen molar-refractivity contribution in [3.8, 4) is 0 Å². The molecule has 1 fully saturated rings. The highest BCUT2D eigenvalue weighted by molar-refractivity contribution is 6.31. The van der Waals surface area contributed by atoms with Gasteiger partial charge >= 0.3 is 0 Å². The van der Waals surface area contributed by atoms with Crippen LogP contribution in [0.25, 0.3) is 21.9 Å². The fourth-order valence-electron chi connectivity index (χ4n) is 3.98. The summed E-state index contributed by atoms with van der Waals surface area (Å²) in [6.45, 7) is 1.35. The first-order valence-corrected chi connectivity index (χ1v) is 10.0. The van der Waals surface area contributed by atoms with Crippen LogP contribution in [-0.2, 0) is 17.8 Å². The number of pyridine rings is 1. The molecule has 1 aliphatic heterocycles. The van der Waals surface area contributed by atoms with Crippen LogP contribution in [0.5, 0.6) is 0 Å². The molecule has 4 heterocycles. The molecule has 7 nitrogen and oxygen atoms in total. The van der Waals surface area contributed by atoms with Crippen molar-refractivity contribution in [2.75, 3.05) is 13.2 Å². The number of rotatable bonds is 4. The molecular formula is C21H20ClN5O2. The normalized spacial score (nSPS) is 15.4. The Balaban J connectivity index is 1.69. The van der Waals surface area contributed by atoms with Gasteiger partial charge in [-0.25, -0.2) is 4.98 Å². The summed E-state index contributed by atoms with van der Waals surface area (Å²) in [4.78, 5) is 18.2. The van der Waals surface area contributed by atoms with Gasteiger partial charge in [-0.15, -0.1) is 0 Å². The zero-order valence-electron chi connectivity index (χ0n) is 15.8. The quantitative estimate of drug-likeness (QED) is 0.555. The van der Waals surface area contributed by atoms with E-state index in [-0.39, 0.29) is 12.6 Å². The average Bonchev–Trinajstić information content (AvgIpc) is 3.13. The van der Waals surface area contributed by atoms with E-state index in [2.05, 4.69) is 19.5 Å². The van der Waals surface area contributed by atoms with Crippen molar-refractivity contribution in [1.82, 2.24) is 24.5 Å². The van der Waals surface area contributed by atoms with Crippen LogP contribution < -0.4 is 0 Å². The molecule has 0 unspecified atom stereocenters. The molecule has 0 bridgehead atoms. The third kappa shape index (κ3) is 3.46. The van der Waals surface area contributed by atoms with E-state index in [1.54, 1.807) is 12.4 Å². The molecule has 0 saturated carbocycles. The van der Waals surface area contributed by atoms with E-state index in [0.29, 0.717) is 17.1 Å². The Morgan fingerprint density at radius 2 is 1.83 bits per heavy atom. The van der Waals surface area contributed by atoms with Gasteiger partial charge in [0, 0.05) is 42.3 Å². The predicted octanol–water partition coefficient (Wildman–Crippen LogP) is 3.46. The fraction of sp³-hybridized carbons (Fsp3) is 0.333. The molecule has 0 radical (unpaired) electrons. The van der Waals surface area contributed by atoms with Gasteiger partial charge < -0.3 is 14.4 Å². The number of halogens is 1. The number of aliphatic hydroxyl groups is 1. The Kier molecular flexibility index (Phi) is 4.87. The van der Waals surface area contributed by atoms with E-state index < -0.39 is 0 Å². The van der Waals surface area contributed by atoms with Crippen molar-refractivity contribution < 1.29 is 9.84 Å². The first-order valence-electron chi connectivity index (χ1n) is 9.66. The summed E-state index contributed by atoms with van der Waals surface area (Å²) in [7, 11) is 0. The Bertz CT molecular complexity index is 1170. The second kappa shape index (κ2) is 7.67. The summed E-state index contributed by atoms with van der Waals surface area (Å²) >= 11 is 6.31. The van der Waals surface area contributed by atoms with E-state index in [9.17, 15) is 5.11 Å². The lowest BCUT2D eigenvalue weighted by molar-refractivity contribution is 0.0700. The van der Waals surface area contributed by atoms with Crippen LogP contribution >= 0.6 is 11.6 Å². The van der Waals surface area contributed by atoms with Crippen molar-refractivity contribution in [3.05, 3.63) is 59.0 Å². The molecular weight excluding hydrogens is 390 g/mol. The molecule has 8 heteroatoms. The van der Waals surface area contributed by atoms with Gasteiger partial charge in [-0.2, -0.15) is 0 Å². The smallest absolute Gasteiger partial charge is 0.116 e. The van der Waals surface area contributed by atoms with Crippen LogP contribution in [0.2, 0.25) is 5.02 Å². The summed E-state index contributed by atoms with van der Waals surface area (Å²) in [6, 6.07) is 6.05. The molecule has 3 aromatic heterocycles. The van der Waals surface area contributed by atoms with Gasteiger partial charge in [-0.1, -0.05) is 11.6 Å². The Morgan fingerprint density at radius 1 is 1.03 bits per heavy atom. The summed E-state index contributed by atoms with van der Waals surface area (Å²) in [5.74, 6) is 0.923. The predicted molar refractivity (Wildman–Crippen MR) is 110 cm³/mol. The number of benzene rings is 1. The Hall–Kier alpha value is -2.61. The molecule has 1 aliphatic rings. The molecule has 1 saturated heterocycles. The van der Waals surface area contributed by atoms with Crippen LogP contribution in [0.15, 0.2) is 36.8 Å². The van der Waals surface area contributed by atoms with Gasteiger partial charge in [0.15, 0.2) is 0 Å². The minimum Gasteiger partial charge on any atom is -0.390 e. The molecule has 5 rings (SSSR count). The lowest BCUT2D eigenvalue weighted by Gasteiger charge is -2.26. The molecule has 1 N–H and O–H groups in total. The first kappa shape index (κ1) is 18.4. The first-order chi connectivity index (χ1) is 14.2. The van der Waals surface area contributed by atoms with Crippen LogP contribution in [-0.4, -0.2) is 42.8 Å². The highest BCUT2D eigenvalue weighted by Crippen LogP contribution is 2.33. The topological polar surface area (TPSA) is 86.0 Å². The molecule has 4 aromatic rings. The third-order valence-corrected chi connectivity index (χ3v) is 5.60.